The fourth-order valence-electron chi connectivity index (χ4n) is 3.48. The van der Waals surface area contributed by atoms with Crippen molar-refractivity contribution in [3.05, 3.63) is 83.9 Å². The van der Waals surface area contributed by atoms with Crippen LogP contribution in [0.1, 0.15) is 27.1 Å². The summed E-state index contributed by atoms with van der Waals surface area (Å²) in [7, 11) is 1.29. The van der Waals surface area contributed by atoms with Crippen LogP contribution in [0.15, 0.2) is 72.8 Å². The first-order valence-electron chi connectivity index (χ1n) is 8.56. The molecule has 3 rings (SSSR count). The Hall–Kier alpha value is -3.01. The molecule has 0 heterocycles. The monoisotopic (exact) mass is 348 g/mol. The highest BCUT2D eigenvalue weighted by Crippen LogP contribution is 2.36. The molecule has 26 heavy (non-hydrogen) atoms. The average Bonchev–Trinajstić information content (AvgIpc) is 2.72. The Kier molecular flexibility index (Phi) is 5.42. The maximum absolute atomic E-state index is 13.2. The number of Topliss-reactive ketones (excluding diaryl/α,β-unsaturated/α-hetero) is 2. The van der Waals surface area contributed by atoms with Crippen molar-refractivity contribution in [3.63, 3.8) is 0 Å². The topological polar surface area (TPSA) is 60.4 Å². The zero-order chi connectivity index (χ0) is 18.5. The Morgan fingerprint density at radius 2 is 1.38 bits per heavy atom. The third kappa shape index (κ3) is 3.49. The van der Waals surface area contributed by atoms with Crippen molar-refractivity contribution < 1.29 is 19.1 Å². The molecule has 4 nitrogen and oxygen atoms in total. The Balaban J connectivity index is 2.01. The molecule has 0 aromatic heterocycles. The predicted molar refractivity (Wildman–Crippen MR) is 97.8 cm³/mol. The zero-order valence-corrected chi connectivity index (χ0v) is 14.5. The quantitative estimate of drug-likeness (QED) is 0.469. The van der Waals surface area contributed by atoms with Crippen LogP contribution in [0.3, 0.4) is 0 Å². The number of benzene rings is 2. The van der Waals surface area contributed by atoms with Crippen LogP contribution in [-0.4, -0.2) is 24.6 Å². The number of esters is 1. The summed E-state index contributed by atoms with van der Waals surface area (Å²) in [6, 6.07) is 17.7. The number of rotatable bonds is 5. The van der Waals surface area contributed by atoms with Crippen molar-refractivity contribution >= 4 is 17.5 Å². The molecule has 1 aliphatic rings. The van der Waals surface area contributed by atoms with E-state index in [9.17, 15) is 14.4 Å². The summed E-state index contributed by atoms with van der Waals surface area (Å²) in [4.78, 5) is 38.5. The average molecular weight is 348 g/mol. The second-order valence-electron chi connectivity index (χ2n) is 6.31. The third-order valence-electron chi connectivity index (χ3n) is 4.78. The number of carbonyl (C=O) groups is 3. The molecule has 2 aromatic carbocycles. The summed E-state index contributed by atoms with van der Waals surface area (Å²) in [5.41, 5.74) is 1.04. The van der Waals surface area contributed by atoms with Crippen LogP contribution in [-0.2, 0) is 9.53 Å². The summed E-state index contributed by atoms with van der Waals surface area (Å²) < 4.78 is 4.89. The van der Waals surface area contributed by atoms with Gasteiger partial charge in [0.2, 0.25) is 0 Å². The minimum absolute atomic E-state index is 0.127. The van der Waals surface area contributed by atoms with Crippen LogP contribution in [0.4, 0.5) is 0 Å². The SMILES string of the molecule is COC(=O)C1C=CC[C@@H](C(=O)c2ccccc2)[C@@H]1C(=O)c1ccccc1. The molecule has 0 aliphatic heterocycles. The minimum atomic E-state index is -0.775. The number of methoxy groups -OCH3 is 1. The number of hydrogen-bond donors (Lipinski definition) is 0. The molecule has 0 fully saturated rings. The third-order valence-corrected chi connectivity index (χ3v) is 4.78. The summed E-state index contributed by atoms with van der Waals surface area (Å²) >= 11 is 0. The molecule has 0 spiro atoms. The maximum Gasteiger partial charge on any atom is 0.313 e. The van der Waals surface area contributed by atoms with E-state index < -0.39 is 23.7 Å². The van der Waals surface area contributed by atoms with Crippen molar-refractivity contribution in [2.45, 2.75) is 6.42 Å². The maximum atomic E-state index is 13.2. The number of ether oxygens (including phenoxy) is 1. The second kappa shape index (κ2) is 7.91. The van der Waals surface area contributed by atoms with Crippen LogP contribution in [0.2, 0.25) is 0 Å². The van der Waals surface area contributed by atoms with Gasteiger partial charge in [0.25, 0.3) is 0 Å². The van der Waals surface area contributed by atoms with Crippen molar-refractivity contribution in [1.82, 2.24) is 0 Å². The fourth-order valence-corrected chi connectivity index (χ4v) is 3.48. The molecule has 0 saturated carbocycles. The van der Waals surface area contributed by atoms with Gasteiger partial charge in [-0.15, -0.1) is 0 Å². The van der Waals surface area contributed by atoms with E-state index in [1.807, 2.05) is 12.1 Å². The molecule has 132 valence electrons. The normalized spacial score (nSPS) is 21.8. The molecule has 0 bridgehead atoms. The van der Waals surface area contributed by atoms with E-state index >= 15 is 0 Å². The van der Waals surface area contributed by atoms with E-state index in [0.29, 0.717) is 17.5 Å². The second-order valence-corrected chi connectivity index (χ2v) is 6.31. The van der Waals surface area contributed by atoms with Gasteiger partial charge in [-0.1, -0.05) is 72.8 Å². The lowest BCUT2D eigenvalue weighted by molar-refractivity contribution is -0.145. The largest absolute Gasteiger partial charge is 0.469 e. The lowest BCUT2D eigenvalue weighted by Crippen LogP contribution is -2.40. The van der Waals surface area contributed by atoms with E-state index in [1.54, 1.807) is 60.7 Å². The van der Waals surface area contributed by atoms with Gasteiger partial charge in [-0.3, -0.25) is 14.4 Å². The van der Waals surface area contributed by atoms with E-state index in [2.05, 4.69) is 0 Å². The van der Waals surface area contributed by atoms with Gasteiger partial charge in [0.1, 0.15) is 0 Å². The summed E-state index contributed by atoms with van der Waals surface area (Å²) in [5, 5.41) is 0. The molecule has 0 N–H and O–H groups in total. The van der Waals surface area contributed by atoms with E-state index in [0.717, 1.165) is 0 Å². The molecule has 4 heteroatoms. The Labute approximate surface area is 152 Å². The van der Waals surface area contributed by atoms with Crippen LogP contribution in [0.25, 0.3) is 0 Å². The van der Waals surface area contributed by atoms with Crippen molar-refractivity contribution in [2.75, 3.05) is 7.11 Å². The van der Waals surface area contributed by atoms with E-state index in [-0.39, 0.29) is 11.6 Å². The predicted octanol–water partition coefficient (Wildman–Crippen LogP) is 3.73. The Morgan fingerprint density at radius 3 is 1.92 bits per heavy atom. The van der Waals surface area contributed by atoms with Gasteiger partial charge >= 0.3 is 5.97 Å². The van der Waals surface area contributed by atoms with Gasteiger partial charge in [-0.05, 0) is 6.42 Å². The highest BCUT2D eigenvalue weighted by molar-refractivity contribution is 6.06. The van der Waals surface area contributed by atoms with Crippen LogP contribution in [0.5, 0.6) is 0 Å². The van der Waals surface area contributed by atoms with Gasteiger partial charge in [-0.2, -0.15) is 0 Å². The smallest absolute Gasteiger partial charge is 0.313 e. The number of allylic oxidation sites excluding steroid dienone is 1. The summed E-state index contributed by atoms with van der Waals surface area (Å²) in [5.74, 6) is -2.97. The number of carbonyl (C=O) groups excluding carboxylic acids is 3. The van der Waals surface area contributed by atoms with Crippen LogP contribution < -0.4 is 0 Å². The highest BCUT2D eigenvalue weighted by Gasteiger charge is 2.43. The molecule has 0 amide bonds. The molecular formula is C22H20O4. The Bertz CT molecular complexity index is 824. The summed E-state index contributed by atoms with van der Waals surface area (Å²) in [6.45, 7) is 0. The zero-order valence-electron chi connectivity index (χ0n) is 14.5. The molecule has 1 unspecified atom stereocenters. The number of hydrogen-bond acceptors (Lipinski definition) is 4. The first kappa shape index (κ1) is 17.8. The van der Waals surface area contributed by atoms with Gasteiger partial charge in [-0.25, -0.2) is 0 Å². The lowest BCUT2D eigenvalue weighted by atomic mass is 9.69. The van der Waals surface area contributed by atoms with Crippen LogP contribution >= 0.6 is 0 Å². The highest BCUT2D eigenvalue weighted by atomic mass is 16.5. The van der Waals surface area contributed by atoms with Crippen molar-refractivity contribution in [2.24, 2.45) is 17.8 Å². The van der Waals surface area contributed by atoms with Crippen molar-refractivity contribution in [1.29, 1.82) is 0 Å². The lowest BCUT2D eigenvalue weighted by Gasteiger charge is -2.31. The fraction of sp³-hybridized carbons (Fsp3) is 0.227. The van der Waals surface area contributed by atoms with Gasteiger partial charge < -0.3 is 4.74 Å². The molecule has 3 atom stereocenters. The van der Waals surface area contributed by atoms with E-state index in [1.165, 1.54) is 7.11 Å². The minimum Gasteiger partial charge on any atom is -0.469 e. The summed E-state index contributed by atoms with van der Waals surface area (Å²) in [6.07, 6.45) is 3.90. The molecule has 0 saturated heterocycles. The standard InChI is InChI=1S/C22H20O4/c1-26-22(25)18-14-8-13-17(20(23)15-9-4-2-5-10-15)19(18)21(24)16-11-6-3-7-12-16/h2-12,14,17-19H,13H2,1H3/t17-,18?,19+/m1/s1. The molecular weight excluding hydrogens is 328 g/mol. The first-order valence-corrected chi connectivity index (χ1v) is 8.56. The first-order chi connectivity index (χ1) is 12.6. The number of ketones is 2. The van der Waals surface area contributed by atoms with Crippen molar-refractivity contribution in [3.8, 4) is 0 Å². The molecule has 1 aliphatic carbocycles. The van der Waals surface area contributed by atoms with Gasteiger partial charge in [0, 0.05) is 23.0 Å². The Morgan fingerprint density at radius 1 is 0.846 bits per heavy atom. The van der Waals surface area contributed by atoms with Crippen LogP contribution in [0, 0.1) is 17.8 Å². The van der Waals surface area contributed by atoms with Gasteiger partial charge in [0.15, 0.2) is 11.6 Å². The van der Waals surface area contributed by atoms with Gasteiger partial charge in [0.05, 0.1) is 13.0 Å². The molecule has 2 aromatic rings. The molecule has 0 radical (unpaired) electrons. The van der Waals surface area contributed by atoms with E-state index in [4.69, 9.17) is 4.74 Å².